The highest BCUT2D eigenvalue weighted by molar-refractivity contribution is 5.77. The molecule has 0 aliphatic heterocycles. The molecule has 70 valence electrons. The van der Waals surface area contributed by atoms with E-state index in [9.17, 15) is 4.79 Å². The first-order valence-electron chi connectivity index (χ1n) is 4.01. The van der Waals surface area contributed by atoms with Gasteiger partial charge in [-0.15, -0.1) is 0 Å². The minimum atomic E-state index is -0.667. The lowest BCUT2D eigenvalue weighted by molar-refractivity contribution is -0.122. The average Bonchev–Trinajstić information content (AvgIpc) is 2.03. The van der Waals surface area contributed by atoms with E-state index < -0.39 is 11.5 Å². The summed E-state index contributed by atoms with van der Waals surface area (Å²) < 4.78 is 0. The van der Waals surface area contributed by atoms with Gasteiger partial charge in [0.1, 0.15) is 6.04 Å². The summed E-state index contributed by atoms with van der Waals surface area (Å²) in [5.41, 5.74) is -0.667. The molecule has 0 rings (SSSR count). The molecule has 1 N–H and O–H groups in total. The minimum Gasteiger partial charge on any atom is -0.341 e. The van der Waals surface area contributed by atoms with Gasteiger partial charge in [-0.3, -0.25) is 4.79 Å². The van der Waals surface area contributed by atoms with Gasteiger partial charge in [-0.05, 0) is 20.8 Å². The molecular formula is C9H13N3O. The second-order valence-electron chi connectivity index (χ2n) is 3.59. The van der Waals surface area contributed by atoms with Crippen molar-refractivity contribution in [3.8, 4) is 12.1 Å². The number of nitriles is 2. The maximum absolute atomic E-state index is 11.2. The molecule has 0 heterocycles. The van der Waals surface area contributed by atoms with Gasteiger partial charge in [-0.2, -0.15) is 10.5 Å². The van der Waals surface area contributed by atoms with Gasteiger partial charge in [-0.25, -0.2) is 0 Å². The fraction of sp³-hybridized carbons (Fsp3) is 0.667. The van der Waals surface area contributed by atoms with Crippen molar-refractivity contribution in [3.63, 3.8) is 0 Å². The SMILES string of the molecule is C[C@@H](C#N)NC(=O)CC(C)(C)C#N. The number of nitrogens with one attached hydrogen (secondary N) is 1. The van der Waals surface area contributed by atoms with Gasteiger partial charge >= 0.3 is 0 Å². The van der Waals surface area contributed by atoms with Crippen LogP contribution in [0.3, 0.4) is 0 Å². The second kappa shape index (κ2) is 4.47. The van der Waals surface area contributed by atoms with E-state index in [2.05, 4.69) is 5.32 Å². The highest BCUT2D eigenvalue weighted by Crippen LogP contribution is 2.17. The van der Waals surface area contributed by atoms with Crippen molar-refractivity contribution >= 4 is 5.91 Å². The quantitative estimate of drug-likeness (QED) is 0.700. The van der Waals surface area contributed by atoms with Crippen molar-refractivity contribution in [2.75, 3.05) is 0 Å². The van der Waals surface area contributed by atoms with Gasteiger partial charge in [0.15, 0.2) is 0 Å². The summed E-state index contributed by atoms with van der Waals surface area (Å²) in [7, 11) is 0. The summed E-state index contributed by atoms with van der Waals surface area (Å²) in [4.78, 5) is 11.2. The highest BCUT2D eigenvalue weighted by Gasteiger charge is 2.21. The van der Waals surface area contributed by atoms with Crippen molar-refractivity contribution in [3.05, 3.63) is 0 Å². The van der Waals surface area contributed by atoms with Gasteiger partial charge in [0.25, 0.3) is 0 Å². The standard InChI is InChI=1S/C9H13N3O/c1-7(5-10)12-8(13)4-9(2,3)6-11/h7H,4H2,1-3H3,(H,12,13)/t7-/m0/s1. The van der Waals surface area contributed by atoms with Crippen LogP contribution in [-0.4, -0.2) is 11.9 Å². The van der Waals surface area contributed by atoms with Crippen LogP contribution in [-0.2, 0) is 4.79 Å². The smallest absolute Gasteiger partial charge is 0.222 e. The molecule has 13 heavy (non-hydrogen) atoms. The van der Waals surface area contributed by atoms with Crippen LogP contribution in [0.4, 0.5) is 0 Å². The molecule has 0 aromatic rings. The van der Waals surface area contributed by atoms with E-state index in [0.29, 0.717) is 0 Å². The van der Waals surface area contributed by atoms with E-state index in [1.54, 1.807) is 20.8 Å². The van der Waals surface area contributed by atoms with Gasteiger partial charge in [0.05, 0.1) is 17.6 Å². The second-order valence-corrected chi connectivity index (χ2v) is 3.59. The summed E-state index contributed by atoms with van der Waals surface area (Å²) in [6, 6.07) is 3.41. The molecule has 0 aromatic carbocycles. The summed E-state index contributed by atoms with van der Waals surface area (Å²) >= 11 is 0. The van der Waals surface area contributed by atoms with E-state index in [1.165, 1.54) is 0 Å². The Kier molecular flexibility index (Phi) is 3.94. The maximum atomic E-state index is 11.2. The Hall–Kier alpha value is -1.55. The van der Waals surface area contributed by atoms with Crippen molar-refractivity contribution in [1.82, 2.24) is 5.32 Å². The number of carbonyl (C=O) groups excluding carboxylic acids is 1. The van der Waals surface area contributed by atoms with Gasteiger partial charge < -0.3 is 5.32 Å². The lowest BCUT2D eigenvalue weighted by Gasteiger charge is -2.14. The number of hydrogen-bond acceptors (Lipinski definition) is 3. The molecule has 0 bridgehead atoms. The third-order valence-electron chi connectivity index (χ3n) is 1.48. The first-order valence-corrected chi connectivity index (χ1v) is 4.01. The van der Waals surface area contributed by atoms with E-state index in [-0.39, 0.29) is 12.3 Å². The van der Waals surface area contributed by atoms with E-state index in [0.717, 1.165) is 0 Å². The fourth-order valence-corrected chi connectivity index (χ4v) is 0.766. The van der Waals surface area contributed by atoms with Gasteiger partial charge in [0, 0.05) is 6.42 Å². The zero-order valence-electron chi connectivity index (χ0n) is 8.09. The normalized spacial score (nSPS) is 12.4. The molecule has 1 atom stereocenters. The Morgan fingerprint density at radius 1 is 1.54 bits per heavy atom. The number of carbonyl (C=O) groups is 1. The predicted molar refractivity (Wildman–Crippen MR) is 47.2 cm³/mol. The zero-order valence-corrected chi connectivity index (χ0v) is 8.09. The van der Waals surface area contributed by atoms with Crippen LogP contribution in [0, 0.1) is 28.1 Å². The monoisotopic (exact) mass is 179 g/mol. The molecule has 0 aromatic heterocycles. The predicted octanol–water partition coefficient (Wildman–Crippen LogP) is 0.955. The van der Waals surface area contributed by atoms with Crippen molar-refractivity contribution < 1.29 is 4.79 Å². The molecule has 0 aliphatic carbocycles. The summed E-state index contributed by atoms with van der Waals surface area (Å²) in [5, 5.41) is 19.5. The third-order valence-corrected chi connectivity index (χ3v) is 1.48. The summed E-state index contributed by atoms with van der Waals surface area (Å²) in [5.74, 6) is -0.263. The Morgan fingerprint density at radius 2 is 2.08 bits per heavy atom. The topological polar surface area (TPSA) is 76.7 Å². The van der Waals surface area contributed by atoms with Crippen LogP contribution in [0.25, 0.3) is 0 Å². The van der Waals surface area contributed by atoms with Crippen LogP contribution >= 0.6 is 0 Å². The number of nitrogens with zero attached hydrogens (tertiary/aromatic N) is 2. The molecule has 0 radical (unpaired) electrons. The summed E-state index contributed by atoms with van der Waals surface area (Å²) in [6.45, 7) is 4.96. The molecule has 0 saturated carbocycles. The molecule has 0 aliphatic rings. The number of amides is 1. The molecule has 0 unspecified atom stereocenters. The average molecular weight is 179 g/mol. The van der Waals surface area contributed by atoms with E-state index in [4.69, 9.17) is 10.5 Å². The minimum absolute atomic E-state index is 0.121. The van der Waals surface area contributed by atoms with Gasteiger partial charge in [0.2, 0.25) is 5.91 Å². The lowest BCUT2D eigenvalue weighted by atomic mass is 9.91. The Labute approximate surface area is 78.2 Å². The molecule has 0 fully saturated rings. The van der Waals surface area contributed by atoms with Crippen LogP contribution in [0.15, 0.2) is 0 Å². The molecular weight excluding hydrogens is 166 g/mol. The number of hydrogen-bond donors (Lipinski definition) is 1. The zero-order chi connectivity index (χ0) is 10.5. The fourth-order valence-electron chi connectivity index (χ4n) is 0.766. The van der Waals surface area contributed by atoms with Crippen molar-refractivity contribution in [2.24, 2.45) is 5.41 Å². The molecule has 0 spiro atoms. The Bertz CT molecular complexity index is 270. The molecule has 1 amide bonds. The van der Waals surface area contributed by atoms with Crippen LogP contribution in [0.5, 0.6) is 0 Å². The van der Waals surface area contributed by atoms with E-state index >= 15 is 0 Å². The summed E-state index contributed by atoms with van der Waals surface area (Å²) in [6.07, 6.45) is 0.121. The Balaban J connectivity index is 4.06. The maximum Gasteiger partial charge on any atom is 0.222 e. The van der Waals surface area contributed by atoms with E-state index in [1.807, 2.05) is 12.1 Å². The van der Waals surface area contributed by atoms with Gasteiger partial charge in [-0.1, -0.05) is 0 Å². The lowest BCUT2D eigenvalue weighted by Crippen LogP contribution is -2.34. The van der Waals surface area contributed by atoms with Crippen LogP contribution in [0.1, 0.15) is 27.2 Å². The first-order chi connectivity index (χ1) is 5.91. The molecule has 4 nitrogen and oxygen atoms in total. The number of rotatable bonds is 3. The van der Waals surface area contributed by atoms with Crippen LogP contribution in [0.2, 0.25) is 0 Å². The molecule has 4 heteroatoms. The first kappa shape index (κ1) is 11.4. The van der Waals surface area contributed by atoms with Crippen molar-refractivity contribution in [1.29, 1.82) is 10.5 Å². The molecule has 0 saturated heterocycles. The van der Waals surface area contributed by atoms with Crippen molar-refractivity contribution in [2.45, 2.75) is 33.2 Å². The largest absolute Gasteiger partial charge is 0.341 e. The van der Waals surface area contributed by atoms with Crippen LogP contribution < -0.4 is 5.32 Å². The highest BCUT2D eigenvalue weighted by atomic mass is 16.1. The Morgan fingerprint density at radius 3 is 2.46 bits per heavy atom. The third kappa shape index (κ3) is 4.81.